The van der Waals surface area contributed by atoms with E-state index >= 15 is 0 Å². The molecule has 5 nitrogen and oxygen atoms in total. The standard InChI is InChI=1S/C12H24N2O3/c1-8(13)6-5-7-9(15)14-10(11(16)17)12(2,3)4/h8,10H,5-7,13H2,1-4H3,(H,14,15)(H,16,17). The molecule has 4 N–H and O–H groups in total. The predicted octanol–water partition coefficient (Wildman–Crippen LogP) is 1.12. The van der Waals surface area contributed by atoms with Gasteiger partial charge in [0.1, 0.15) is 6.04 Å². The van der Waals surface area contributed by atoms with Gasteiger partial charge < -0.3 is 16.2 Å². The highest BCUT2D eigenvalue weighted by Gasteiger charge is 2.32. The van der Waals surface area contributed by atoms with E-state index in [4.69, 9.17) is 10.8 Å². The number of hydrogen-bond acceptors (Lipinski definition) is 3. The van der Waals surface area contributed by atoms with Gasteiger partial charge in [-0.3, -0.25) is 4.79 Å². The summed E-state index contributed by atoms with van der Waals surface area (Å²) in [7, 11) is 0. The third-order valence-electron chi connectivity index (χ3n) is 2.48. The van der Waals surface area contributed by atoms with Crippen LogP contribution in [0.15, 0.2) is 0 Å². The largest absolute Gasteiger partial charge is 0.480 e. The first kappa shape index (κ1) is 15.9. The average Bonchev–Trinajstić information content (AvgIpc) is 2.11. The molecule has 0 aromatic rings. The summed E-state index contributed by atoms with van der Waals surface area (Å²) in [5.41, 5.74) is 5.07. The van der Waals surface area contributed by atoms with E-state index < -0.39 is 17.4 Å². The zero-order valence-electron chi connectivity index (χ0n) is 11.1. The summed E-state index contributed by atoms with van der Waals surface area (Å²) in [6.07, 6.45) is 1.77. The van der Waals surface area contributed by atoms with Crippen molar-refractivity contribution < 1.29 is 14.7 Å². The van der Waals surface area contributed by atoms with Crippen LogP contribution in [0, 0.1) is 5.41 Å². The molecule has 17 heavy (non-hydrogen) atoms. The van der Waals surface area contributed by atoms with Crippen molar-refractivity contribution in [3.63, 3.8) is 0 Å². The van der Waals surface area contributed by atoms with E-state index in [9.17, 15) is 9.59 Å². The fourth-order valence-corrected chi connectivity index (χ4v) is 1.47. The second-order valence-electron chi connectivity index (χ2n) is 5.57. The van der Waals surface area contributed by atoms with Crippen molar-refractivity contribution in [2.45, 2.75) is 59.0 Å². The van der Waals surface area contributed by atoms with Crippen LogP contribution < -0.4 is 11.1 Å². The normalized spacial score (nSPS) is 15.1. The minimum absolute atomic E-state index is 0.0701. The third-order valence-corrected chi connectivity index (χ3v) is 2.48. The van der Waals surface area contributed by atoms with Crippen molar-refractivity contribution in [3.8, 4) is 0 Å². The lowest BCUT2D eigenvalue weighted by atomic mass is 9.86. The minimum Gasteiger partial charge on any atom is -0.480 e. The Balaban J connectivity index is 4.20. The molecule has 2 atom stereocenters. The molecule has 100 valence electrons. The van der Waals surface area contributed by atoms with Crippen LogP contribution in [0.3, 0.4) is 0 Å². The number of aliphatic carboxylic acids is 1. The molecule has 0 fully saturated rings. The summed E-state index contributed by atoms with van der Waals surface area (Å²) >= 11 is 0. The van der Waals surface area contributed by atoms with Crippen LogP contribution in [0.2, 0.25) is 0 Å². The van der Waals surface area contributed by atoms with Gasteiger partial charge in [-0.2, -0.15) is 0 Å². The Hall–Kier alpha value is -1.10. The topological polar surface area (TPSA) is 92.4 Å². The predicted molar refractivity (Wildman–Crippen MR) is 66.5 cm³/mol. The van der Waals surface area contributed by atoms with Gasteiger partial charge >= 0.3 is 5.97 Å². The summed E-state index contributed by atoms with van der Waals surface area (Å²) < 4.78 is 0. The number of carboxylic acid groups (broad SMARTS) is 1. The fraction of sp³-hybridized carbons (Fsp3) is 0.833. The summed E-state index contributed by atoms with van der Waals surface area (Å²) in [6, 6.07) is -0.786. The fourth-order valence-electron chi connectivity index (χ4n) is 1.47. The molecule has 0 aromatic heterocycles. The lowest BCUT2D eigenvalue weighted by Crippen LogP contribution is -2.49. The lowest BCUT2D eigenvalue weighted by Gasteiger charge is -2.27. The first-order chi connectivity index (χ1) is 7.64. The molecule has 0 heterocycles. The van der Waals surface area contributed by atoms with Gasteiger partial charge in [-0.15, -0.1) is 0 Å². The monoisotopic (exact) mass is 244 g/mol. The van der Waals surface area contributed by atoms with Crippen LogP contribution in [0.4, 0.5) is 0 Å². The molecule has 0 radical (unpaired) electrons. The third kappa shape index (κ3) is 6.94. The number of nitrogens with one attached hydrogen (secondary N) is 1. The molecule has 0 aromatic carbocycles. The summed E-state index contributed by atoms with van der Waals surface area (Å²) in [4.78, 5) is 22.6. The van der Waals surface area contributed by atoms with Gasteiger partial charge in [0.25, 0.3) is 0 Å². The number of carboxylic acids is 1. The van der Waals surface area contributed by atoms with Gasteiger partial charge in [0.2, 0.25) is 5.91 Å². The molecule has 5 heteroatoms. The maximum atomic E-state index is 11.6. The lowest BCUT2D eigenvalue weighted by molar-refractivity contribution is -0.145. The Morgan fingerprint density at radius 3 is 2.24 bits per heavy atom. The quantitative estimate of drug-likeness (QED) is 0.652. The molecule has 0 spiro atoms. The Morgan fingerprint density at radius 2 is 1.88 bits per heavy atom. The highest BCUT2D eigenvalue weighted by molar-refractivity contribution is 5.84. The molecule has 0 saturated heterocycles. The average molecular weight is 244 g/mol. The summed E-state index contributed by atoms with van der Waals surface area (Å²) in [6.45, 7) is 7.24. The van der Waals surface area contributed by atoms with Crippen LogP contribution in [0.1, 0.15) is 47.0 Å². The molecule has 1 amide bonds. The molecular formula is C12H24N2O3. The van der Waals surface area contributed by atoms with Gasteiger partial charge in [0.15, 0.2) is 0 Å². The summed E-state index contributed by atoms with van der Waals surface area (Å²) in [5.74, 6) is -1.23. The van der Waals surface area contributed by atoms with E-state index in [0.29, 0.717) is 12.8 Å². The van der Waals surface area contributed by atoms with Gasteiger partial charge in [-0.1, -0.05) is 20.8 Å². The van der Waals surface area contributed by atoms with E-state index in [1.54, 1.807) is 20.8 Å². The number of nitrogens with two attached hydrogens (primary N) is 1. The van der Waals surface area contributed by atoms with E-state index in [0.717, 1.165) is 6.42 Å². The van der Waals surface area contributed by atoms with Crippen LogP contribution in [0.25, 0.3) is 0 Å². The second kappa shape index (κ2) is 6.59. The zero-order chi connectivity index (χ0) is 13.6. The van der Waals surface area contributed by atoms with Crippen molar-refractivity contribution in [1.29, 1.82) is 0 Å². The van der Waals surface area contributed by atoms with E-state index in [2.05, 4.69) is 5.32 Å². The maximum Gasteiger partial charge on any atom is 0.326 e. The van der Waals surface area contributed by atoms with E-state index in [1.165, 1.54) is 0 Å². The van der Waals surface area contributed by atoms with Crippen molar-refractivity contribution in [2.75, 3.05) is 0 Å². The maximum absolute atomic E-state index is 11.6. The van der Waals surface area contributed by atoms with Gasteiger partial charge in [0, 0.05) is 12.5 Å². The SMILES string of the molecule is CC(N)CCCC(=O)NC(C(=O)O)C(C)(C)C. The Kier molecular flexibility index (Phi) is 6.16. The first-order valence-electron chi connectivity index (χ1n) is 5.92. The van der Waals surface area contributed by atoms with Crippen molar-refractivity contribution in [2.24, 2.45) is 11.1 Å². The van der Waals surface area contributed by atoms with Gasteiger partial charge in [-0.25, -0.2) is 4.79 Å². The Labute approximate surface area is 103 Å². The van der Waals surface area contributed by atoms with Crippen LogP contribution in [0.5, 0.6) is 0 Å². The highest BCUT2D eigenvalue weighted by atomic mass is 16.4. The van der Waals surface area contributed by atoms with Crippen molar-refractivity contribution in [1.82, 2.24) is 5.32 Å². The van der Waals surface area contributed by atoms with Crippen molar-refractivity contribution in [3.05, 3.63) is 0 Å². The van der Waals surface area contributed by atoms with E-state index in [1.807, 2.05) is 6.92 Å². The zero-order valence-corrected chi connectivity index (χ0v) is 11.1. The Bertz CT molecular complexity index is 269. The molecular weight excluding hydrogens is 220 g/mol. The van der Waals surface area contributed by atoms with Crippen LogP contribution in [-0.4, -0.2) is 29.1 Å². The first-order valence-corrected chi connectivity index (χ1v) is 5.92. The molecule has 0 aliphatic heterocycles. The van der Waals surface area contributed by atoms with Gasteiger partial charge in [0.05, 0.1) is 0 Å². The molecule has 0 bridgehead atoms. The van der Waals surface area contributed by atoms with Crippen molar-refractivity contribution >= 4 is 11.9 Å². The minimum atomic E-state index is -1.00. The second-order valence-corrected chi connectivity index (χ2v) is 5.57. The summed E-state index contributed by atoms with van der Waals surface area (Å²) in [5, 5.41) is 11.6. The molecule has 0 aliphatic carbocycles. The molecule has 0 rings (SSSR count). The molecule has 0 saturated carbocycles. The number of carbonyl (C=O) groups excluding carboxylic acids is 1. The Morgan fingerprint density at radius 1 is 1.35 bits per heavy atom. The highest BCUT2D eigenvalue weighted by Crippen LogP contribution is 2.19. The van der Waals surface area contributed by atoms with Gasteiger partial charge in [-0.05, 0) is 25.2 Å². The number of amides is 1. The van der Waals surface area contributed by atoms with E-state index in [-0.39, 0.29) is 11.9 Å². The smallest absolute Gasteiger partial charge is 0.326 e. The number of hydrogen-bond donors (Lipinski definition) is 3. The van der Waals surface area contributed by atoms with Crippen LogP contribution >= 0.6 is 0 Å². The van der Waals surface area contributed by atoms with Crippen LogP contribution in [-0.2, 0) is 9.59 Å². The molecule has 2 unspecified atom stereocenters. The number of carbonyl (C=O) groups is 2. The molecule has 0 aliphatic rings. The number of rotatable bonds is 6.